The van der Waals surface area contributed by atoms with Crippen LogP contribution in [0.3, 0.4) is 0 Å². The van der Waals surface area contributed by atoms with Crippen molar-refractivity contribution in [3.63, 3.8) is 0 Å². The van der Waals surface area contributed by atoms with Crippen molar-refractivity contribution in [2.24, 2.45) is 0 Å². The van der Waals surface area contributed by atoms with Gasteiger partial charge >= 0.3 is 0 Å². The lowest BCUT2D eigenvalue weighted by Gasteiger charge is -2.32. The summed E-state index contributed by atoms with van der Waals surface area (Å²) in [5, 5.41) is 5.96. The van der Waals surface area contributed by atoms with Crippen LogP contribution in [0.4, 0.5) is 5.69 Å². The van der Waals surface area contributed by atoms with E-state index in [1.807, 2.05) is 37.3 Å². The van der Waals surface area contributed by atoms with Gasteiger partial charge in [0.25, 0.3) is 11.8 Å². The molecule has 2 amide bonds. The van der Waals surface area contributed by atoms with Gasteiger partial charge in [-0.2, -0.15) is 0 Å². The first-order valence-corrected chi connectivity index (χ1v) is 9.41. The van der Waals surface area contributed by atoms with Crippen LogP contribution in [0.2, 0.25) is 0 Å². The Morgan fingerprint density at radius 2 is 1.80 bits per heavy atom. The molecule has 1 fully saturated rings. The summed E-state index contributed by atoms with van der Waals surface area (Å²) >= 11 is 0. The van der Waals surface area contributed by atoms with E-state index in [1.165, 1.54) is 9.80 Å². The topological polar surface area (TPSA) is 67.1 Å². The van der Waals surface area contributed by atoms with Crippen molar-refractivity contribution in [2.75, 3.05) is 44.6 Å². The lowest BCUT2D eigenvalue weighted by Crippen LogP contribution is -3.30. The van der Waals surface area contributed by atoms with Gasteiger partial charge in [0.05, 0.1) is 0 Å². The molecule has 0 bridgehead atoms. The largest absolute Gasteiger partial charge is 0.351 e. The van der Waals surface area contributed by atoms with Crippen LogP contribution in [-0.2, 0) is 9.59 Å². The highest BCUT2D eigenvalue weighted by Gasteiger charge is 2.31. The van der Waals surface area contributed by atoms with Crippen molar-refractivity contribution in [1.29, 1.82) is 0 Å². The van der Waals surface area contributed by atoms with Gasteiger partial charge in [-0.15, -0.1) is 0 Å². The molecule has 1 aliphatic heterocycles. The average Bonchev–Trinajstić information content (AvgIpc) is 2.63. The maximum atomic E-state index is 12.4. The number of piperazine rings is 1. The molecule has 138 valence electrons. The van der Waals surface area contributed by atoms with Gasteiger partial charge in [0.2, 0.25) is 0 Å². The summed E-state index contributed by atoms with van der Waals surface area (Å²) in [6.07, 6.45) is 2.13. The van der Waals surface area contributed by atoms with Gasteiger partial charge in [0, 0.05) is 12.2 Å². The highest BCUT2D eigenvalue weighted by Crippen LogP contribution is 2.04. The van der Waals surface area contributed by atoms with E-state index in [0.29, 0.717) is 6.54 Å². The van der Waals surface area contributed by atoms with Crippen molar-refractivity contribution in [2.45, 2.75) is 32.7 Å². The summed E-state index contributed by atoms with van der Waals surface area (Å²) in [5.41, 5.74) is 0.840. The monoisotopic (exact) mass is 348 g/mol. The second-order valence-corrected chi connectivity index (χ2v) is 6.87. The number of nitrogens with one attached hydrogen (secondary N) is 4. The van der Waals surface area contributed by atoms with Crippen molar-refractivity contribution in [1.82, 2.24) is 5.32 Å². The van der Waals surface area contributed by atoms with Crippen LogP contribution in [-0.4, -0.2) is 57.1 Å². The molecule has 0 unspecified atom stereocenters. The number of benzene rings is 1. The molecular weight excluding hydrogens is 316 g/mol. The molecule has 1 aromatic rings. The standard InChI is InChI=1S/C19H30N4O2/c1-3-4-10-20-18(24)15-22-11-13-23(14-12-22)16(2)19(25)21-17-8-6-5-7-9-17/h5-9,16H,3-4,10-15H2,1-2H3,(H,20,24)(H,21,25)/p+2/t16-/m0/s1. The van der Waals surface area contributed by atoms with Crippen molar-refractivity contribution < 1.29 is 19.4 Å². The van der Waals surface area contributed by atoms with Gasteiger partial charge in [-0.3, -0.25) is 9.59 Å². The van der Waals surface area contributed by atoms with E-state index in [2.05, 4.69) is 17.6 Å². The third-order valence-electron chi connectivity index (χ3n) is 4.91. The Hall–Kier alpha value is -1.92. The summed E-state index contributed by atoms with van der Waals surface area (Å²) in [4.78, 5) is 26.9. The number of rotatable bonds is 8. The first-order valence-electron chi connectivity index (χ1n) is 9.41. The number of amides is 2. The summed E-state index contributed by atoms with van der Waals surface area (Å²) < 4.78 is 0. The van der Waals surface area contributed by atoms with Gasteiger partial charge in [0.1, 0.15) is 26.2 Å². The van der Waals surface area contributed by atoms with Gasteiger partial charge in [-0.1, -0.05) is 31.5 Å². The number of anilines is 1. The lowest BCUT2D eigenvalue weighted by molar-refractivity contribution is -1.01. The maximum Gasteiger partial charge on any atom is 0.282 e. The molecule has 2 rings (SSSR count). The van der Waals surface area contributed by atoms with Gasteiger partial charge in [-0.05, 0) is 25.5 Å². The van der Waals surface area contributed by atoms with E-state index in [1.54, 1.807) is 0 Å². The summed E-state index contributed by atoms with van der Waals surface area (Å²) in [6.45, 7) is 9.11. The Morgan fingerprint density at radius 3 is 2.44 bits per heavy atom. The fraction of sp³-hybridized carbons (Fsp3) is 0.579. The minimum atomic E-state index is -0.0832. The van der Waals surface area contributed by atoms with E-state index in [0.717, 1.165) is 51.3 Å². The average molecular weight is 348 g/mol. The number of para-hydroxylation sites is 1. The highest BCUT2D eigenvalue weighted by atomic mass is 16.2. The molecule has 6 heteroatoms. The minimum Gasteiger partial charge on any atom is -0.351 e. The summed E-state index contributed by atoms with van der Waals surface area (Å²) in [6, 6.07) is 9.49. The number of quaternary nitrogens is 2. The van der Waals surface area contributed by atoms with Crippen molar-refractivity contribution >= 4 is 17.5 Å². The first-order chi connectivity index (χ1) is 12.1. The Bertz CT molecular complexity index is 542. The van der Waals surface area contributed by atoms with Crippen LogP contribution in [0.25, 0.3) is 0 Å². The SMILES string of the molecule is CCCCNC(=O)C[NH+]1CC[NH+]([C@@H](C)C(=O)Nc2ccccc2)CC1. The molecule has 1 heterocycles. The van der Waals surface area contributed by atoms with E-state index in [-0.39, 0.29) is 17.9 Å². The normalized spacial score (nSPS) is 21.4. The molecule has 1 atom stereocenters. The molecular formula is C19H32N4O2+2. The van der Waals surface area contributed by atoms with E-state index in [9.17, 15) is 9.59 Å². The molecule has 0 radical (unpaired) electrons. The van der Waals surface area contributed by atoms with Gasteiger partial charge in [-0.25, -0.2) is 0 Å². The minimum absolute atomic E-state index is 0.0574. The van der Waals surface area contributed by atoms with Crippen LogP contribution in [0.1, 0.15) is 26.7 Å². The van der Waals surface area contributed by atoms with Crippen molar-refractivity contribution in [3.05, 3.63) is 30.3 Å². The molecule has 1 aromatic carbocycles. The highest BCUT2D eigenvalue weighted by molar-refractivity contribution is 5.93. The number of hydrogen-bond acceptors (Lipinski definition) is 2. The molecule has 0 aliphatic carbocycles. The fourth-order valence-electron chi connectivity index (χ4n) is 3.19. The fourth-order valence-corrected chi connectivity index (χ4v) is 3.19. The van der Waals surface area contributed by atoms with Gasteiger partial charge in [0.15, 0.2) is 12.6 Å². The van der Waals surface area contributed by atoms with E-state index in [4.69, 9.17) is 0 Å². The lowest BCUT2D eigenvalue weighted by atomic mass is 10.2. The molecule has 25 heavy (non-hydrogen) atoms. The number of hydrogen-bond donors (Lipinski definition) is 4. The molecule has 1 saturated heterocycles. The van der Waals surface area contributed by atoms with E-state index >= 15 is 0 Å². The second kappa shape index (κ2) is 10.2. The number of carbonyl (C=O) groups is 2. The van der Waals surface area contributed by atoms with Crippen LogP contribution in [0, 0.1) is 0 Å². The zero-order valence-electron chi connectivity index (χ0n) is 15.4. The molecule has 0 aromatic heterocycles. The first kappa shape index (κ1) is 19.4. The Morgan fingerprint density at radius 1 is 1.12 bits per heavy atom. The molecule has 0 spiro atoms. The quantitative estimate of drug-likeness (QED) is 0.442. The molecule has 0 saturated carbocycles. The number of carbonyl (C=O) groups excluding carboxylic acids is 2. The van der Waals surface area contributed by atoms with Crippen LogP contribution in [0.15, 0.2) is 30.3 Å². The van der Waals surface area contributed by atoms with Crippen LogP contribution in [0.5, 0.6) is 0 Å². The smallest absolute Gasteiger partial charge is 0.282 e. The molecule has 6 nitrogen and oxygen atoms in total. The summed E-state index contributed by atoms with van der Waals surface area (Å²) in [5.74, 6) is 0.198. The Balaban J connectivity index is 1.71. The maximum absolute atomic E-state index is 12.4. The number of unbranched alkanes of at least 4 members (excludes halogenated alkanes) is 1. The molecule has 1 aliphatic rings. The Labute approximate surface area is 150 Å². The predicted octanol–water partition coefficient (Wildman–Crippen LogP) is -1.29. The van der Waals surface area contributed by atoms with Crippen molar-refractivity contribution in [3.8, 4) is 0 Å². The van der Waals surface area contributed by atoms with Gasteiger partial charge < -0.3 is 20.4 Å². The molecule has 4 N–H and O–H groups in total. The third kappa shape index (κ3) is 6.48. The zero-order valence-corrected chi connectivity index (χ0v) is 15.4. The second-order valence-electron chi connectivity index (χ2n) is 6.87. The third-order valence-corrected chi connectivity index (χ3v) is 4.91. The zero-order chi connectivity index (χ0) is 18.1. The van der Waals surface area contributed by atoms with Crippen LogP contribution < -0.4 is 20.4 Å². The summed E-state index contributed by atoms with van der Waals surface area (Å²) in [7, 11) is 0. The van der Waals surface area contributed by atoms with E-state index < -0.39 is 0 Å². The van der Waals surface area contributed by atoms with Crippen LogP contribution >= 0.6 is 0 Å². The predicted molar refractivity (Wildman–Crippen MR) is 98.7 cm³/mol. The Kier molecular flexibility index (Phi) is 7.88.